The largest absolute Gasteiger partial charge is 0.380 e. The molecule has 3 aliphatic rings. The third kappa shape index (κ3) is 4.07. The zero-order valence-corrected chi connectivity index (χ0v) is 20.2. The highest BCUT2D eigenvalue weighted by Crippen LogP contribution is 2.38. The summed E-state index contributed by atoms with van der Waals surface area (Å²) in [6.45, 7) is 0.964. The number of urea groups is 1. The van der Waals surface area contributed by atoms with Gasteiger partial charge in [0.05, 0.1) is 6.10 Å². The van der Waals surface area contributed by atoms with Gasteiger partial charge in [-0.15, -0.1) is 0 Å². The van der Waals surface area contributed by atoms with E-state index in [1.807, 2.05) is 0 Å². The highest BCUT2D eigenvalue weighted by molar-refractivity contribution is 7.90. The number of likely N-dealkylation sites (tertiary alicyclic amines) is 1. The van der Waals surface area contributed by atoms with E-state index in [9.17, 15) is 18.0 Å². The van der Waals surface area contributed by atoms with Crippen LogP contribution in [0.1, 0.15) is 52.0 Å². The van der Waals surface area contributed by atoms with Gasteiger partial charge in [0, 0.05) is 39.0 Å². The number of fused-ring (bicyclic) bond motifs is 2. The highest BCUT2D eigenvalue weighted by Gasteiger charge is 2.31. The van der Waals surface area contributed by atoms with E-state index >= 15 is 0 Å². The number of amides is 3. The number of rotatable bonds is 5. The fraction of sp³-hybridized carbons (Fsp3) is 0.522. The van der Waals surface area contributed by atoms with Gasteiger partial charge in [-0.25, -0.2) is 9.52 Å². The van der Waals surface area contributed by atoms with E-state index in [1.54, 1.807) is 12.0 Å². The number of carbonyl (C=O) groups is 2. The summed E-state index contributed by atoms with van der Waals surface area (Å²) in [5, 5.41) is 6.44. The maximum atomic E-state index is 12.9. The van der Waals surface area contributed by atoms with Crippen molar-refractivity contribution in [3.05, 3.63) is 40.1 Å². The number of nitrogens with one attached hydrogen (secondary N) is 2. The van der Waals surface area contributed by atoms with Crippen LogP contribution in [0.25, 0.3) is 0 Å². The van der Waals surface area contributed by atoms with E-state index in [-0.39, 0.29) is 22.7 Å². The van der Waals surface area contributed by atoms with Gasteiger partial charge in [0.2, 0.25) is 0 Å². The van der Waals surface area contributed by atoms with E-state index in [0.717, 1.165) is 61.8 Å². The first-order valence-electron chi connectivity index (χ1n) is 11.6. The molecule has 1 aromatic carbocycles. The lowest BCUT2D eigenvalue weighted by atomic mass is 9.99. The van der Waals surface area contributed by atoms with Gasteiger partial charge in [-0.05, 0) is 67.2 Å². The Morgan fingerprint density at radius 2 is 1.76 bits per heavy atom. The molecule has 2 aliphatic carbocycles. The van der Waals surface area contributed by atoms with Gasteiger partial charge >= 0.3 is 6.03 Å². The number of sulfonamides is 1. The molecule has 0 radical (unpaired) electrons. The molecule has 1 atom stereocenters. The van der Waals surface area contributed by atoms with Crippen molar-refractivity contribution in [3.8, 4) is 0 Å². The van der Waals surface area contributed by atoms with Gasteiger partial charge < -0.3 is 15.0 Å². The van der Waals surface area contributed by atoms with E-state index in [4.69, 9.17) is 4.74 Å². The Balaban J connectivity index is 1.33. The van der Waals surface area contributed by atoms with Gasteiger partial charge in [-0.3, -0.25) is 9.48 Å². The number of anilines is 1. The summed E-state index contributed by atoms with van der Waals surface area (Å²) in [5.41, 5.74) is 5.59. The van der Waals surface area contributed by atoms with Crippen molar-refractivity contribution in [1.82, 2.24) is 19.4 Å². The van der Waals surface area contributed by atoms with Gasteiger partial charge in [-0.2, -0.15) is 13.5 Å². The van der Waals surface area contributed by atoms with Crippen LogP contribution in [0.15, 0.2) is 17.2 Å². The Bertz CT molecular complexity index is 1240. The Morgan fingerprint density at radius 3 is 2.38 bits per heavy atom. The van der Waals surface area contributed by atoms with Crippen molar-refractivity contribution in [2.45, 2.75) is 56.1 Å². The average Bonchev–Trinajstić information content (AvgIpc) is 3.58. The first-order chi connectivity index (χ1) is 16.3. The summed E-state index contributed by atoms with van der Waals surface area (Å²) in [6, 6.07) is 2.62. The maximum absolute atomic E-state index is 12.9. The number of hydrogen-bond donors (Lipinski definition) is 2. The number of aryl methyl sites for hydroxylation is 3. The SMILES string of the molecule is COC1CCN(C(=O)c2cc(S(=O)(=O)NC(=O)Nc3c4c(cc5c3CCC5)CCC4)nn2C)C1. The number of benzene rings is 1. The number of carbonyl (C=O) groups excluding carboxylic acids is 2. The summed E-state index contributed by atoms with van der Waals surface area (Å²) in [6.07, 6.45) is 6.44. The van der Waals surface area contributed by atoms with E-state index < -0.39 is 16.1 Å². The molecule has 34 heavy (non-hydrogen) atoms. The number of ether oxygens (including phenoxy) is 1. The van der Waals surface area contributed by atoms with Crippen LogP contribution in [-0.2, 0) is 47.5 Å². The molecule has 1 saturated heterocycles. The molecule has 182 valence electrons. The molecule has 1 aromatic heterocycles. The summed E-state index contributed by atoms with van der Waals surface area (Å²) in [7, 11) is -1.17. The van der Waals surface area contributed by atoms with Gasteiger partial charge in [0.1, 0.15) is 5.69 Å². The molecule has 1 unspecified atom stereocenters. The van der Waals surface area contributed by atoms with Crippen LogP contribution in [0.3, 0.4) is 0 Å². The Labute approximate surface area is 198 Å². The second-order valence-electron chi connectivity index (χ2n) is 9.18. The lowest BCUT2D eigenvalue weighted by molar-refractivity contribution is 0.0714. The summed E-state index contributed by atoms with van der Waals surface area (Å²) >= 11 is 0. The smallest absolute Gasteiger partial charge is 0.333 e. The van der Waals surface area contributed by atoms with Crippen molar-refractivity contribution in [3.63, 3.8) is 0 Å². The predicted octanol–water partition coefficient (Wildman–Crippen LogP) is 1.77. The van der Waals surface area contributed by atoms with Gasteiger partial charge in [-0.1, -0.05) is 6.07 Å². The van der Waals surface area contributed by atoms with Crippen molar-refractivity contribution in [2.24, 2.45) is 7.05 Å². The van der Waals surface area contributed by atoms with Crippen LogP contribution >= 0.6 is 0 Å². The fourth-order valence-corrected chi connectivity index (χ4v) is 6.22. The van der Waals surface area contributed by atoms with Crippen LogP contribution in [-0.4, -0.2) is 61.3 Å². The number of methoxy groups -OCH3 is 1. The third-order valence-corrected chi connectivity index (χ3v) is 8.26. The third-order valence-electron chi connectivity index (χ3n) is 7.06. The highest BCUT2D eigenvalue weighted by atomic mass is 32.2. The minimum atomic E-state index is -4.27. The lowest BCUT2D eigenvalue weighted by Gasteiger charge is -2.16. The van der Waals surface area contributed by atoms with Gasteiger partial charge in [0.25, 0.3) is 15.9 Å². The Morgan fingerprint density at radius 1 is 1.09 bits per heavy atom. The monoisotopic (exact) mass is 487 g/mol. The number of aromatic nitrogens is 2. The number of hydrogen-bond acceptors (Lipinski definition) is 6. The molecule has 3 amide bonds. The Hall–Kier alpha value is -2.92. The minimum Gasteiger partial charge on any atom is -0.380 e. The quantitative estimate of drug-likeness (QED) is 0.663. The molecule has 10 nitrogen and oxygen atoms in total. The van der Waals surface area contributed by atoms with Crippen molar-refractivity contribution in [1.29, 1.82) is 0 Å². The fourth-order valence-electron chi connectivity index (χ4n) is 5.32. The van der Waals surface area contributed by atoms with E-state index in [0.29, 0.717) is 13.1 Å². The molecular weight excluding hydrogens is 458 g/mol. The molecule has 1 aliphatic heterocycles. The topological polar surface area (TPSA) is 123 Å². The first kappa shape index (κ1) is 22.9. The van der Waals surface area contributed by atoms with Crippen LogP contribution in [0.2, 0.25) is 0 Å². The van der Waals surface area contributed by atoms with Crippen molar-refractivity contribution < 1.29 is 22.7 Å². The van der Waals surface area contributed by atoms with E-state index in [2.05, 4.69) is 21.2 Å². The standard InChI is InChI=1S/C23H29N5O5S/c1-27-19(22(29)28-10-9-16(13-28)33-2)12-20(25-27)34(31,32)26-23(30)24-21-17-7-3-5-14(17)11-15-6-4-8-18(15)21/h11-12,16H,3-10,13H2,1-2H3,(H2,24,26,30). The molecule has 0 saturated carbocycles. The van der Waals surface area contributed by atoms with Crippen LogP contribution < -0.4 is 10.0 Å². The average molecular weight is 488 g/mol. The van der Waals surface area contributed by atoms with E-state index in [1.165, 1.54) is 28.9 Å². The molecule has 5 rings (SSSR count). The second-order valence-corrected chi connectivity index (χ2v) is 10.8. The van der Waals surface area contributed by atoms with Gasteiger partial charge in [0.15, 0.2) is 5.03 Å². The van der Waals surface area contributed by atoms with Crippen LogP contribution in [0, 0.1) is 0 Å². The second kappa shape index (κ2) is 8.70. The molecule has 2 N–H and O–H groups in total. The normalized spacial score (nSPS) is 19.2. The predicted molar refractivity (Wildman–Crippen MR) is 124 cm³/mol. The van der Waals surface area contributed by atoms with Crippen LogP contribution in [0.4, 0.5) is 10.5 Å². The lowest BCUT2D eigenvalue weighted by Crippen LogP contribution is -2.35. The van der Waals surface area contributed by atoms with Crippen LogP contribution in [0.5, 0.6) is 0 Å². The number of nitrogens with zero attached hydrogens (tertiary/aromatic N) is 3. The summed E-state index contributed by atoms with van der Waals surface area (Å²) in [5.74, 6) is -0.323. The summed E-state index contributed by atoms with van der Waals surface area (Å²) < 4.78 is 34.4. The molecule has 0 bridgehead atoms. The zero-order chi connectivity index (χ0) is 24.0. The van der Waals surface area contributed by atoms with Crippen molar-refractivity contribution in [2.75, 3.05) is 25.5 Å². The molecule has 2 heterocycles. The zero-order valence-electron chi connectivity index (χ0n) is 19.4. The Kier molecular flexibility index (Phi) is 5.85. The first-order valence-corrected chi connectivity index (χ1v) is 13.1. The molecule has 2 aromatic rings. The summed E-state index contributed by atoms with van der Waals surface area (Å²) in [4.78, 5) is 27.3. The minimum absolute atomic E-state index is 0.0355. The molecule has 0 spiro atoms. The molecule has 11 heteroatoms. The molecule has 1 fully saturated rings. The molecular formula is C23H29N5O5S. The van der Waals surface area contributed by atoms with Crippen molar-refractivity contribution >= 4 is 27.6 Å². The maximum Gasteiger partial charge on any atom is 0.333 e.